The van der Waals surface area contributed by atoms with Gasteiger partial charge >= 0.3 is 0 Å². The van der Waals surface area contributed by atoms with E-state index in [9.17, 15) is 14.4 Å². The Balaban J connectivity index is 2.49. The second-order valence-corrected chi connectivity index (χ2v) is 7.76. The van der Waals surface area contributed by atoms with Crippen molar-refractivity contribution in [3.05, 3.63) is 11.8 Å². The predicted octanol–water partition coefficient (Wildman–Crippen LogP) is 2.92. The summed E-state index contributed by atoms with van der Waals surface area (Å²) in [4.78, 5) is 34.6. The molecule has 2 amide bonds. The zero-order valence-corrected chi connectivity index (χ0v) is 15.6. The first-order chi connectivity index (χ1) is 11.3. The minimum atomic E-state index is -0.630. The Morgan fingerprint density at radius 2 is 1.88 bits per heavy atom. The maximum Gasteiger partial charge on any atom is 0.281 e. The highest BCUT2D eigenvalue weighted by Crippen LogP contribution is 2.44. The number of rotatable bonds is 10. The van der Waals surface area contributed by atoms with Crippen LogP contribution >= 0.6 is 11.8 Å². The zero-order chi connectivity index (χ0) is 18.2. The van der Waals surface area contributed by atoms with Crippen molar-refractivity contribution >= 4 is 28.7 Å². The molecule has 0 saturated heterocycles. The minimum Gasteiger partial charge on any atom is -0.486 e. The van der Waals surface area contributed by atoms with E-state index in [-0.39, 0.29) is 11.7 Å². The minimum absolute atomic E-state index is 0.0675. The molecule has 1 aliphatic rings. The van der Waals surface area contributed by atoms with E-state index in [1.165, 1.54) is 50.4 Å². The third-order valence-corrected chi connectivity index (χ3v) is 5.24. The van der Waals surface area contributed by atoms with Crippen molar-refractivity contribution in [1.29, 1.82) is 0 Å². The number of carbonyl (C=O) groups excluding carboxylic acids is 3. The Morgan fingerprint density at radius 3 is 2.50 bits per heavy atom. The van der Waals surface area contributed by atoms with E-state index in [1.54, 1.807) is 0 Å². The molecule has 0 spiro atoms. The van der Waals surface area contributed by atoms with E-state index in [1.807, 2.05) is 6.92 Å². The molecule has 0 saturated carbocycles. The summed E-state index contributed by atoms with van der Waals surface area (Å²) in [7, 11) is 0. The van der Waals surface area contributed by atoms with E-state index in [4.69, 9.17) is 10.6 Å². The summed E-state index contributed by atoms with van der Waals surface area (Å²) < 4.78 is 5.07. The summed E-state index contributed by atoms with van der Waals surface area (Å²) in [5.41, 5.74) is 0. The molecule has 0 aromatic carbocycles. The molecule has 2 N–H and O–H groups in total. The van der Waals surface area contributed by atoms with Crippen molar-refractivity contribution in [2.45, 2.75) is 70.5 Å². The van der Waals surface area contributed by atoms with Crippen LogP contribution in [0, 0.1) is 0 Å². The fraction of sp³-hybridized carbons (Fsp3) is 0.706. The molecule has 0 aromatic heterocycles. The highest BCUT2D eigenvalue weighted by Gasteiger charge is 2.39. The fourth-order valence-corrected chi connectivity index (χ4v) is 3.63. The van der Waals surface area contributed by atoms with Crippen LogP contribution in [0.5, 0.6) is 0 Å². The summed E-state index contributed by atoms with van der Waals surface area (Å²) in [5, 5.41) is 0.456. The topological polar surface area (TPSA) is 89.7 Å². The van der Waals surface area contributed by atoms with Gasteiger partial charge in [-0.2, -0.15) is 0 Å². The van der Waals surface area contributed by atoms with Crippen molar-refractivity contribution in [3.63, 3.8) is 0 Å². The number of carbonyl (C=O) groups is 3. The number of hydrogen-bond donors (Lipinski definition) is 1. The largest absolute Gasteiger partial charge is 0.486 e. The van der Waals surface area contributed by atoms with Crippen molar-refractivity contribution < 1.29 is 19.1 Å². The van der Waals surface area contributed by atoms with Gasteiger partial charge in [-0.1, -0.05) is 57.2 Å². The van der Waals surface area contributed by atoms with Crippen molar-refractivity contribution in [3.8, 4) is 0 Å². The number of unbranched alkanes of at least 4 members (excludes halogenated alkanes) is 5. The first-order valence-electron chi connectivity index (χ1n) is 8.46. The molecule has 0 aliphatic carbocycles. The highest BCUT2D eigenvalue weighted by atomic mass is 32.2. The van der Waals surface area contributed by atoms with Crippen molar-refractivity contribution in [2.75, 3.05) is 6.61 Å². The quantitative estimate of drug-likeness (QED) is 0.280. The van der Waals surface area contributed by atoms with Gasteiger partial charge in [-0.15, -0.1) is 0 Å². The van der Waals surface area contributed by atoms with Gasteiger partial charge in [0.15, 0.2) is 6.61 Å². The van der Waals surface area contributed by atoms with E-state index in [2.05, 4.69) is 6.92 Å². The second kappa shape index (κ2) is 9.84. The molecule has 0 bridgehead atoms. The lowest BCUT2D eigenvalue weighted by Crippen LogP contribution is -2.43. The van der Waals surface area contributed by atoms with Gasteiger partial charge < -0.3 is 4.74 Å². The van der Waals surface area contributed by atoms with Gasteiger partial charge in [-0.25, -0.2) is 10.9 Å². The van der Waals surface area contributed by atoms with Crippen LogP contribution in [0.2, 0.25) is 0 Å². The molecule has 0 aromatic rings. The maximum absolute atomic E-state index is 11.8. The Bertz CT molecular complexity index is 507. The van der Waals surface area contributed by atoms with Gasteiger partial charge in [0.2, 0.25) is 11.0 Å². The van der Waals surface area contributed by atoms with Gasteiger partial charge in [0.1, 0.15) is 5.76 Å². The third kappa shape index (κ3) is 6.28. The number of amides is 2. The molecule has 1 rings (SSSR count). The molecule has 1 aliphatic heterocycles. The highest BCUT2D eigenvalue weighted by molar-refractivity contribution is 8.15. The van der Waals surface area contributed by atoms with Crippen molar-refractivity contribution in [1.82, 2.24) is 5.01 Å². The van der Waals surface area contributed by atoms with Gasteiger partial charge in [0.05, 0.1) is 4.75 Å². The van der Waals surface area contributed by atoms with Crippen LogP contribution < -0.4 is 5.84 Å². The van der Waals surface area contributed by atoms with Gasteiger partial charge in [-0.05, 0) is 13.3 Å². The number of nitrogens with two attached hydrogens (primary N) is 1. The molecule has 1 unspecified atom stereocenters. The molecule has 0 radical (unpaired) electrons. The van der Waals surface area contributed by atoms with Crippen LogP contribution in [-0.2, 0) is 19.1 Å². The predicted molar refractivity (Wildman–Crippen MR) is 94.7 cm³/mol. The lowest BCUT2D eigenvalue weighted by molar-refractivity contribution is -0.146. The molecule has 136 valence electrons. The monoisotopic (exact) mass is 356 g/mol. The SMILES string of the molecule is CCCCCCCCC1(C)SC(=O)C=C1OCC(=O)N(N)C(C)=O. The average Bonchev–Trinajstić information content (AvgIpc) is 2.81. The Labute approximate surface area is 148 Å². The first-order valence-corrected chi connectivity index (χ1v) is 9.28. The summed E-state index contributed by atoms with van der Waals surface area (Å²) >= 11 is 1.23. The lowest BCUT2D eigenvalue weighted by Gasteiger charge is -2.26. The first kappa shape index (κ1) is 20.7. The van der Waals surface area contributed by atoms with Crippen LogP contribution in [0.4, 0.5) is 0 Å². The molecule has 6 nitrogen and oxygen atoms in total. The van der Waals surface area contributed by atoms with Crippen LogP contribution in [0.1, 0.15) is 65.7 Å². The summed E-state index contributed by atoms with van der Waals surface area (Å²) in [5.74, 6) is 4.66. The Kier molecular flexibility index (Phi) is 8.48. The molecule has 0 fully saturated rings. The van der Waals surface area contributed by atoms with E-state index in [0.717, 1.165) is 19.3 Å². The summed E-state index contributed by atoms with van der Waals surface area (Å²) in [6.45, 7) is 5.00. The van der Waals surface area contributed by atoms with Crippen LogP contribution in [0.15, 0.2) is 11.8 Å². The fourth-order valence-electron chi connectivity index (χ4n) is 2.56. The standard InChI is InChI=1S/C17H28N2O4S/c1-4-5-6-7-8-9-10-17(3)14(11-16(22)24-17)23-12-15(21)19(18)13(2)20/h11H,4-10,12,18H2,1-3H3. The average molecular weight is 356 g/mol. The number of thioether (sulfide) groups is 1. The number of hydrogen-bond acceptors (Lipinski definition) is 6. The zero-order valence-electron chi connectivity index (χ0n) is 14.8. The van der Waals surface area contributed by atoms with Crippen LogP contribution in [0.3, 0.4) is 0 Å². The lowest BCUT2D eigenvalue weighted by atomic mass is 9.99. The van der Waals surface area contributed by atoms with Gasteiger partial charge in [-0.3, -0.25) is 14.4 Å². The van der Waals surface area contributed by atoms with Gasteiger partial charge in [0, 0.05) is 13.0 Å². The Hall–Kier alpha value is -1.34. The summed E-state index contributed by atoms with van der Waals surface area (Å²) in [6, 6.07) is 0. The van der Waals surface area contributed by atoms with E-state index >= 15 is 0 Å². The van der Waals surface area contributed by atoms with Gasteiger partial charge in [0.25, 0.3) is 5.91 Å². The maximum atomic E-state index is 11.8. The Morgan fingerprint density at radius 1 is 1.25 bits per heavy atom. The number of imide groups is 1. The van der Waals surface area contributed by atoms with E-state index < -0.39 is 16.6 Å². The molecule has 7 heteroatoms. The second-order valence-electron chi connectivity index (χ2n) is 6.25. The number of ether oxygens (including phenoxy) is 1. The number of hydrazine groups is 1. The number of nitrogens with zero attached hydrogens (tertiary/aromatic N) is 1. The van der Waals surface area contributed by atoms with Crippen molar-refractivity contribution in [2.24, 2.45) is 5.84 Å². The molecule has 1 heterocycles. The summed E-state index contributed by atoms with van der Waals surface area (Å²) in [6.07, 6.45) is 9.29. The molecule has 1 atom stereocenters. The third-order valence-electron chi connectivity index (χ3n) is 4.06. The molecular weight excluding hydrogens is 328 g/mol. The normalized spacial score (nSPS) is 20.0. The van der Waals surface area contributed by atoms with Crippen LogP contribution in [-0.4, -0.2) is 33.3 Å². The molecular formula is C17H28N2O4S. The smallest absolute Gasteiger partial charge is 0.281 e. The van der Waals surface area contributed by atoms with Crippen LogP contribution in [0.25, 0.3) is 0 Å². The van der Waals surface area contributed by atoms with E-state index in [0.29, 0.717) is 10.8 Å². The molecule has 24 heavy (non-hydrogen) atoms.